The maximum absolute atomic E-state index is 12.4. The fourth-order valence-electron chi connectivity index (χ4n) is 2.28. The molecule has 0 bridgehead atoms. The quantitative estimate of drug-likeness (QED) is 0.725. The predicted molar refractivity (Wildman–Crippen MR) is 83.4 cm³/mol. The van der Waals surface area contributed by atoms with Crippen molar-refractivity contribution in [2.24, 2.45) is 5.92 Å². The van der Waals surface area contributed by atoms with Gasteiger partial charge in [0.15, 0.2) is 0 Å². The first kappa shape index (κ1) is 15.9. The van der Waals surface area contributed by atoms with Crippen LogP contribution in [0, 0.1) is 5.92 Å². The number of sulfonamides is 1. The Labute approximate surface area is 126 Å². The van der Waals surface area contributed by atoms with Gasteiger partial charge in [-0.25, -0.2) is 13.1 Å². The monoisotopic (exact) mass is 316 g/mol. The summed E-state index contributed by atoms with van der Waals surface area (Å²) in [4.78, 5) is 0. The molecular weight excluding hydrogens is 292 g/mol. The molecule has 1 aromatic rings. The normalized spacial score (nSPS) is 16.6. The third kappa shape index (κ3) is 4.04. The van der Waals surface area contributed by atoms with Gasteiger partial charge >= 0.3 is 0 Å². The van der Waals surface area contributed by atoms with Crippen molar-refractivity contribution in [2.75, 3.05) is 6.54 Å². The molecule has 2 rings (SSSR count). The van der Waals surface area contributed by atoms with Gasteiger partial charge < -0.3 is 5.32 Å². The summed E-state index contributed by atoms with van der Waals surface area (Å²) >= 11 is 1.30. The molecule has 0 aromatic carbocycles. The van der Waals surface area contributed by atoms with Gasteiger partial charge in [-0.05, 0) is 62.6 Å². The number of thiophene rings is 1. The van der Waals surface area contributed by atoms with Crippen LogP contribution >= 0.6 is 11.3 Å². The molecule has 1 aliphatic carbocycles. The average molecular weight is 316 g/mol. The van der Waals surface area contributed by atoms with E-state index in [0.29, 0.717) is 10.1 Å². The Balaban J connectivity index is 2.02. The van der Waals surface area contributed by atoms with E-state index in [9.17, 15) is 8.42 Å². The minimum absolute atomic E-state index is 0.344. The largest absolute Gasteiger partial charge is 0.313 e. The Bertz CT molecular complexity index is 545. The first-order valence-electron chi connectivity index (χ1n) is 7.17. The van der Waals surface area contributed by atoms with Gasteiger partial charge in [-0.15, -0.1) is 11.3 Å². The number of hydrogen-bond acceptors (Lipinski definition) is 4. The Morgan fingerprint density at radius 2 is 2.10 bits per heavy atom. The molecule has 1 fully saturated rings. The van der Waals surface area contributed by atoms with Crippen molar-refractivity contribution in [3.63, 3.8) is 0 Å². The topological polar surface area (TPSA) is 58.2 Å². The van der Waals surface area contributed by atoms with Gasteiger partial charge in [0.05, 0.1) is 0 Å². The number of hydrogen-bond donors (Lipinski definition) is 2. The first-order chi connectivity index (χ1) is 9.35. The zero-order valence-corrected chi connectivity index (χ0v) is 14.0. The molecule has 0 unspecified atom stereocenters. The fourth-order valence-corrected chi connectivity index (χ4v) is 4.96. The molecule has 0 spiro atoms. The summed E-state index contributed by atoms with van der Waals surface area (Å²) in [7, 11) is -3.39. The maximum atomic E-state index is 12.4. The molecule has 1 saturated carbocycles. The van der Waals surface area contributed by atoms with Gasteiger partial charge in [0.25, 0.3) is 10.0 Å². The van der Waals surface area contributed by atoms with Crippen molar-refractivity contribution >= 4 is 21.4 Å². The molecule has 114 valence electrons. The minimum Gasteiger partial charge on any atom is -0.313 e. The van der Waals surface area contributed by atoms with Crippen LogP contribution in [0.4, 0.5) is 0 Å². The lowest BCUT2D eigenvalue weighted by atomic mass is 10.0. The van der Waals surface area contributed by atoms with Crippen LogP contribution in [-0.4, -0.2) is 20.5 Å². The zero-order valence-electron chi connectivity index (χ0n) is 12.4. The second-order valence-corrected chi connectivity index (χ2v) is 8.87. The summed E-state index contributed by atoms with van der Waals surface area (Å²) in [5, 5.41) is 5.20. The summed E-state index contributed by atoms with van der Waals surface area (Å²) in [6.07, 6.45) is 3.31. The third-order valence-electron chi connectivity index (χ3n) is 3.65. The van der Waals surface area contributed by atoms with Gasteiger partial charge in [-0.3, -0.25) is 0 Å². The molecule has 1 aliphatic rings. The SMILES string of the molecule is CCCNCc1csc(S(=O)(=O)NC(C)(C)C2CC2)c1. The molecular formula is C14H24N2O2S2. The third-order valence-corrected chi connectivity index (χ3v) is 6.81. The van der Waals surface area contributed by atoms with Crippen molar-refractivity contribution in [1.29, 1.82) is 0 Å². The standard InChI is InChI=1S/C14H24N2O2S2/c1-4-7-15-9-11-8-13(19-10-11)20(17,18)16-14(2,3)12-5-6-12/h8,10,12,15-16H,4-7,9H2,1-3H3. The van der Waals surface area contributed by atoms with E-state index in [4.69, 9.17) is 0 Å². The maximum Gasteiger partial charge on any atom is 0.250 e. The lowest BCUT2D eigenvalue weighted by Gasteiger charge is -2.25. The first-order valence-corrected chi connectivity index (χ1v) is 9.53. The lowest BCUT2D eigenvalue weighted by molar-refractivity contribution is 0.401. The van der Waals surface area contributed by atoms with Crippen molar-refractivity contribution < 1.29 is 8.42 Å². The predicted octanol–water partition coefficient (Wildman–Crippen LogP) is 2.71. The van der Waals surface area contributed by atoms with Crippen molar-refractivity contribution in [3.05, 3.63) is 17.0 Å². The molecule has 2 N–H and O–H groups in total. The highest BCUT2D eigenvalue weighted by Gasteiger charge is 2.40. The Morgan fingerprint density at radius 3 is 2.70 bits per heavy atom. The van der Waals surface area contributed by atoms with Gasteiger partial charge in [0.2, 0.25) is 0 Å². The molecule has 1 heterocycles. The molecule has 4 nitrogen and oxygen atoms in total. The Hall–Kier alpha value is -0.430. The second kappa shape index (κ2) is 6.13. The number of rotatable bonds is 8. The van der Waals surface area contributed by atoms with E-state index in [1.54, 1.807) is 6.07 Å². The van der Waals surface area contributed by atoms with Crippen LogP contribution in [-0.2, 0) is 16.6 Å². The van der Waals surface area contributed by atoms with Crippen LogP contribution in [0.25, 0.3) is 0 Å². The van der Waals surface area contributed by atoms with E-state index < -0.39 is 10.0 Å². The summed E-state index contributed by atoms with van der Waals surface area (Å²) in [6.45, 7) is 7.73. The van der Waals surface area contributed by atoms with Crippen LogP contribution in [0.1, 0.15) is 45.6 Å². The highest BCUT2D eigenvalue weighted by atomic mass is 32.2. The molecule has 0 saturated heterocycles. The smallest absolute Gasteiger partial charge is 0.250 e. The molecule has 20 heavy (non-hydrogen) atoms. The van der Waals surface area contributed by atoms with Gasteiger partial charge in [0.1, 0.15) is 4.21 Å². The van der Waals surface area contributed by atoms with Crippen LogP contribution in [0.15, 0.2) is 15.7 Å². The van der Waals surface area contributed by atoms with E-state index in [2.05, 4.69) is 17.0 Å². The van der Waals surface area contributed by atoms with E-state index in [0.717, 1.165) is 37.9 Å². The highest BCUT2D eigenvalue weighted by molar-refractivity contribution is 7.91. The summed E-state index contributed by atoms with van der Waals surface area (Å²) in [5.41, 5.74) is 0.691. The summed E-state index contributed by atoms with van der Waals surface area (Å²) < 4.78 is 28.1. The lowest BCUT2D eigenvalue weighted by Crippen LogP contribution is -2.44. The molecule has 0 amide bonds. The van der Waals surface area contributed by atoms with Crippen molar-refractivity contribution in [2.45, 2.75) is 56.3 Å². The van der Waals surface area contributed by atoms with Crippen LogP contribution in [0.3, 0.4) is 0 Å². The number of nitrogens with one attached hydrogen (secondary N) is 2. The molecule has 0 aliphatic heterocycles. The van der Waals surface area contributed by atoms with E-state index >= 15 is 0 Å². The highest BCUT2D eigenvalue weighted by Crippen LogP contribution is 2.40. The molecule has 6 heteroatoms. The molecule has 0 radical (unpaired) electrons. The van der Waals surface area contributed by atoms with Crippen LogP contribution < -0.4 is 10.0 Å². The van der Waals surface area contributed by atoms with Crippen LogP contribution in [0.2, 0.25) is 0 Å². The zero-order chi connectivity index (χ0) is 14.8. The van der Waals surface area contributed by atoms with Crippen molar-refractivity contribution in [1.82, 2.24) is 10.0 Å². The van der Waals surface area contributed by atoms with Gasteiger partial charge in [-0.1, -0.05) is 6.92 Å². The Morgan fingerprint density at radius 1 is 1.40 bits per heavy atom. The molecule has 0 atom stereocenters. The van der Waals surface area contributed by atoms with E-state index in [1.807, 2.05) is 19.2 Å². The molecule has 1 aromatic heterocycles. The van der Waals surface area contributed by atoms with Crippen molar-refractivity contribution in [3.8, 4) is 0 Å². The average Bonchev–Trinajstić information content (AvgIpc) is 3.09. The minimum atomic E-state index is -3.39. The van der Waals surface area contributed by atoms with Gasteiger partial charge in [-0.2, -0.15) is 0 Å². The Kier molecular flexibility index (Phi) is 4.89. The van der Waals surface area contributed by atoms with Gasteiger partial charge in [0, 0.05) is 12.1 Å². The second-order valence-electron chi connectivity index (χ2n) is 6.05. The summed E-state index contributed by atoms with van der Waals surface area (Å²) in [6, 6.07) is 1.78. The summed E-state index contributed by atoms with van der Waals surface area (Å²) in [5.74, 6) is 0.475. The van der Waals surface area contributed by atoms with Crippen LogP contribution in [0.5, 0.6) is 0 Å². The fraction of sp³-hybridized carbons (Fsp3) is 0.714. The van der Waals surface area contributed by atoms with E-state index in [-0.39, 0.29) is 5.54 Å². The van der Waals surface area contributed by atoms with E-state index in [1.165, 1.54) is 11.3 Å².